The summed E-state index contributed by atoms with van der Waals surface area (Å²) in [5.74, 6) is -1.58. The van der Waals surface area contributed by atoms with Crippen LogP contribution in [0.4, 0.5) is 8.78 Å². The summed E-state index contributed by atoms with van der Waals surface area (Å²) >= 11 is 0. The van der Waals surface area contributed by atoms with Crippen molar-refractivity contribution < 1.29 is 17.2 Å². The van der Waals surface area contributed by atoms with Crippen molar-refractivity contribution in [3.63, 3.8) is 0 Å². The Morgan fingerprint density at radius 3 is 2.43 bits per heavy atom. The zero-order chi connectivity index (χ0) is 15.8. The molecule has 1 fully saturated rings. The zero-order valence-corrected chi connectivity index (χ0v) is 13.0. The Morgan fingerprint density at radius 1 is 1.33 bits per heavy atom. The summed E-state index contributed by atoms with van der Waals surface area (Å²) in [7, 11) is -4.00. The van der Waals surface area contributed by atoms with E-state index in [-0.39, 0.29) is 12.6 Å². The predicted octanol–water partition coefficient (Wildman–Crippen LogP) is 2.23. The molecule has 0 atom stereocenters. The zero-order valence-electron chi connectivity index (χ0n) is 12.1. The maximum absolute atomic E-state index is 14.3. The molecule has 7 heteroatoms. The lowest BCUT2D eigenvalue weighted by molar-refractivity contribution is 0.339. The average Bonchev–Trinajstić information content (AvgIpc) is 3.19. The van der Waals surface area contributed by atoms with E-state index >= 15 is 0 Å². The van der Waals surface area contributed by atoms with Crippen molar-refractivity contribution in [3.05, 3.63) is 29.3 Å². The van der Waals surface area contributed by atoms with E-state index in [4.69, 9.17) is 5.73 Å². The Hall–Kier alpha value is -1.05. The molecule has 0 bridgehead atoms. The van der Waals surface area contributed by atoms with Gasteiger partial charge >= 0.3 is 0 Å². The molecule has 21 heavy (non-hydrogen) atoms. The number of halogens is 2. The molecule has 4 nitrogen and oxygen atoms in total. The van der Waals surface area contributed by atoms with Crippen molar-refractivity contribution in [1.82, 2.24) is 4.31 Å². The largest absolute Gasteiger partial charge is 0.326 e. The number of hydrogen-bond acceptors (Lipinski definition) is 3. The van der Waals surface area contributed by atoms with Gasteiger partial charge in [-0.15, -0.1) is 0 Å². The van der Waals surface area contributed by atoms with Crippen molar-refractivity contribution in [2.24, 2.45) is 11.7 Å². The van der Waals surface area contributed by atoms with E-state index in [2.05, 4.69) is 0 Å². The van der Waals surface area contributed by atoms with Crippen molar-refractivity contribution in [3.8, 4) is 0 Å². The first-order valence-corrected chi connectivity index (χ1v) is 8.41. The third kappa shape index (κ3) is 3.25. The third-order valence-electron chi connectivity index (χ3n) is 3.65. The van der Waals surface area contributed by atoms with Crippen molar-refractivity contribution in [2.45, 2.75) is 44.2 Å². The smallest absolute Gasteiger partial charge is 0.246 e. The highest BCUT2D eigenvalue weighted by Crippen LogP contribution is 2.33. The highest BCUT2D eigenvalue weighted by atomic mass is 32.2. The second-order valence-electron chi connectivity index (χ2n) is 5.65. The highest BCUT2D eigenvalue weighted by Gasteiger charge is 2.35. The molecule has 1 aromatic carbocycles. The first-order valence-electron chi connectivity index (χ1n) is 6.97. The first kappa shape index (κ1) is 16.3. The summed E-state index contributed by atoms with van der Waals surface area (Å²) in [5, 5.41) is 0. The lowest BCUT2D eigenvalue weighted by Gasteiger charge is -2.26. The number of nitrogens with zero attached hydrogens (tertiary/aromatic N) is 1. The van der Waals surface area contributed by atoms with Gasteiger partial charge in [0.15, 0.2) is 5.82 Å². The van der Waals surface area contributed by atoms with E-state index in [9.17, 15) is 17.2 Å². The fraction of sp³-hybridized carbons (Fsp3) is 0.571. The molecule has 1 saturated carbocycles. The van der Waals surface area contributed by atoms with Gasteiger partial charge in [0, 0.05) is 24.7 Å². The second-order valence-corrected chi connectivity index (χ2v) is 7.51. The number of rotatable bonds is 6. The maximum Gasteiger partial charge on any atom is 0.246 e. The quantitative estimate of drug-likeness (QED) is 0.875. The molecule has 1 aliphatic rings. The van der Waals surface area contributed by atoms with Crippen molar-refractivity contribution in [1.29, 1.82) is 0 Å². The van der Waals surface area contributed by atoms with Crippen LogP contribution in [0.15, 0.2) is 17.0 Å². The standard InChI is InChI=1S/C14H20F2N2O2S/c1-9(2)18(8-10-3-4-10)21(19,20)13-6-5-12(15)11(7-17)14(13)16/h5-6,9-10H,3-4,7-8,17H2,1-2H3. The molecular weight excluding hydrogens is 298 g/mol. The van der Waals surface area contributed by atoms with Crippen LogP contribution in [0.3, 0.4) is 0 Å². The summed E-state index contributed by atoms with van der Waals surface area (Å²) in [4.78, 5) is -0.501. The second kappa shape index (κ2) is 5.98. The third-order valence-corrected chi connectivity index (χ3v) is 5.71. The highest BCUT2D eigenvalue weighted by molar-refractivity contribution is 7.89. The Kier molecular flexibility index (Phi) is 4.65. The van der Waals surface area contributed by atoms with Crippen LogP contribution in [-0.4, -0.2) is 25.3 Å². The van der Waals surface area contributed by atoms with Gasteiger partial charge in [0.2, 0.25) is 10.0 Å². The van der Waals surface area contributed by atoms with E-state index in [1.54, 1.807) is 13.8 Å². The molecule has 1 aromatic rings. The van der Waals surface area contributed by atoms with Gasteiger partial charge in [0.1, 0.15) is 10.7 Å². The number of sulfonamides is 1. The molecule has 0 heterocycles. The van der Waals surface area contributed by atoms with E-state index in [1.165, 1.54) is 4.31 Å². The molecule has 0 spiro atoms. The van der Waals surface area contributed by atoms with Gasteiger partial charge in [0.05, 0.1) is 0 Å². The fourth-order valence-electron chi connectivity index (χ4n) is 2.23. The van der Waals surface area contributed by atoms with E-state index in [0.29, 0.717) is 12.5 Å². The Morgan fingerprint density at radius 2 is 1.95 bits per heavy atom. The molecule has 2 N–H and O–H groups in total. The Balaban J connectivity index is 2.46. The van der Waals surface area contributed by atoms with E-state index in [1.807, 2.05) is 0 Å². The van der Waals surface area contributed by atoms with Crippen LogP contribution in [-0.2, 0) is 16.6 Å². The van der Waals surface area contributed by atoms with Crippen LogP contribution in [0.2, 0.25) is 0 Å². The van der Waals surface area contributed by atoms with Crippen molar-refractivity contribution in [2.75, 3.05) is 6.54 Å². The molecule has 0 radical (unpaired) electrons. The molecular formula is C14H20F2N2O2S. The molecule has 0 aliphatic heterocycles. The first-order chi connectivity index (χ1) is 9.78. The van der Waals surface area contributed by atoms with E-state index < -0.39 is 32.1 Å². The molecule has 0 unspecified atom stereocenters. The Bertz CT molecular complexity index is 628. The minimum absolute atomic E-state index is 0.290. The number of benzene rings is 1. The fourth-order valence-corrected chi connectivity index (χ4v) is 4.03. The monoisotopic (exact) mass is 318 g/mol. The lowest BCUT2D eigenvalue weighted by Crippen LogP contribution is -2.39. The van der Waals surface area contributed by atoms with Gasteiger partial charge in [-0.25, -0.2) is 17.2 Å². The predicted molar refractivity (Wildman–Crippen MR) is 76.0 cm³/mol. The van der Waals surface area contributed by atoms with Gasteiger partial charge < -0.3 is 5.73 Å². The minimum atomic E-state index is -4.00. The summed E-state index contributed by atoms with van der Waals surface area (Å²) < 4.78 is 54.3. The summed E-state index contributed by atoms with van der Waals surface area (Å²) in [6.07, 6.45) is 1.97. The van der Waals surface area contributed by atoms with Gasteiger partial charge in [-0.3, -0.25) is 0 Å². The van der Waals surface area contributed by atoms with Crippen LogP contribution in [0, 0.1) is 17.6 Å². The summed E-state index contributed by atoms with van der Waals surface area (Å²) in [6, 6.07) is 1.64. The van der Waals surface area contributed by atoms with Crippen LogP contribution in [0.1, 0.15) is 32.3 Å². The van der Waals surface area contributed by atoms with Crippen molar-refractivity contribution >= 4 is 10.0 Å². The molecule has 2 rings (SSSR count). The number of hydrogen-bond donors (Lipinski definition) is 1. The average molecular weight is 318 g/mol. The van der Waals surface area contributed by atoms with Gasteiger partial charge in [-0.1, -0.05) is 0 Å². The molecule has 1 aliphatic carbocycles. The minimum Gasteiger partial charge on any atom is -0.326 e. The summed E-state index contributed by atoms with van der Waals surface area (Å²) in [6.45, 7) is 3.47. The van der Waals surface area contributed by atoms with Crippen LogP contribution < -0.4 is 5.73 Å². The SMILES string of the molecule is CC(C)N(CC1CC1)S(=O)(=O)c1ccc(F)c(CN)c1F. The van der Waals surface area contributed by atoms with Crippen LogP contribution >= 0.6 is 0 Å². The lowest BCUT2D eigenvalue weighted by atomic mass is 10.2. The van der Waals surface area contributed by atoms with E-state index in [0.717, 1.165) is 25.0 Å². The normalized spacial score (nSPS) is 16.0. The Labute approximate surface area is 124 Å². The van der Waals surface area contributed by atoms with Gasteiger partial charge in [-0.2, -0.15) is 4.31 Å². The molecule has 0 aromatic heterocycles. The topological polar surface area (TPSA) is 63.4 Å². The summed E-state index contributed by atoms with van der Waals surface area (Å²) in [5.41, 5.74) is 4.90. The van der Waals surface area contributed by atoms with Crippen LogP contribution in [0.25, 0.3) is 0 Å². The molecule has 0 saturated heterocycles. The van der Waals surface area contributed by atoms with Crippen LogP contribution in [0.5, 0.6) is 0 Å². The van der Waals surface area contributed by atoms with Gasteiger partial charge in [0.25, 0.3) is 0 Å². The van der Waals surface area contributed by atoms with Gasteiger partial charge in [-0.05, 0) is 44.7 Å². The molecule has 0 amide bonds. The molecule has 118 valence electrons. The maximum atomic E-state index is 14.3. The number of nitrogens with two attached hydrogens (primary N) is 1.